The molecule has 0 unspecified atom stereocenters. The Kier molecular flexibility index (Phi) is 3.50. The third-order valence-electron chi connectivity index (χ3n) is 3.07. The molecule has 0 bridgehead atoms. The van der Waals surface area contributed by atoms with E-state index >= 15 is 0 Å². The monoisotopic (exact) mass is 245 g/mol. The molecule has 2 aromatic rings. The highest BCUT2D eigenvalue weighted by Crippen LogP contribution is 2.22. The SMILES string of the molecule is CCn1nc(C)c(N)c1NCc1cnccc1C. The van der Waals surface area contributed by atoms with Crippen LogP contribution >= 0.6 is 0 Å². The van der Waals surface area contributed by atoms with Gasteiger partial charge in [-0.25, -0.2) is 4.68 Å². The second-order valence-electron chi connectivity index (χ2n) is 4.32. The molecule has 3 N–H and O–H groups in total. The topological polar surface area (TPSA) is 68.8 Å². The molecular formula is C13H19N5. The number of rotatable bonds is 4. The van der Waals surface area contributed by atoms with Gasteiger partial charge in [0.1, 0.15) is 5.82 Å². The first kappa shape index (κ1) is 12.4. The summed E-state index contributed by atoms with van der Waals surface area (Å²) < 4.78 is 1.89. The van der Waals surface area contributed by atoms with E-state index in [4.69, 9.17) is 5.73 Å². The zero-order valence-electron chi connectivity index (χ0n) is 11.1. The van der Waals surface area contributed by atoms with Crippen LogP contribution in [0.25, 0.3) is 0 Å². The number of aromatic nitrogens is 3. The largest absolute Gasteiger partial charge is 0.394 e. The van der Waals surface area contributed by atoms with Gasteiger partial charge in [-0.3, -0.25) is 4.98 Å². The van der Waals surface area contributed by atoms with Gasteiger partial charge >= 0.3 is 0 Å². The van der Waals surface area contributed by atoms with Crippen LogP contribution in [0.3, 0.4) is 0 Å². The fourth-order valence-corrected chi connectivity index (χ4v) is 1.87. The molecule has 0 saturated heterocycles. The lowest BCUT2D eigenvalue weighted by Crippen LogP contribution is -2.09. The van der Waals surface area contributed by atoms with Gasteiger partial charge in [0, 0.05) is 25.5 Å². The molecule has 0 aliphatic carbocycles. The molecule has 0 amide bonds. The van der Waals surface area contributed by atoms with E-state index in [2.05, 4.69) is 22.3 Å². The first-order valence-electron chi connectivity index (χ1n) is 6.09. The van der Waals surface area contributed by atoms with Gasteiger partial charge in [-0.15, -0.1) is 0 Å². The van der Waals surface area contributed by atoms with Crippen molar-refractivity contribution in [3.05, 3.63) is 35.3 Å². The van der Waals surface area contributed by atoms with Gasteiger partial charge in [0.25, 0.3) is 0 Å². The van der Waals surface area contributed by atoms with Gasteiger partial charge in [-0.1, -0.05) is 0 Å². The van der Waals surface area contributed by atoms with Crippen molar-refractivity contribution >= 4 is 11.5 Å². The summed E-state index contributed by atoms with van der Waals surface area (Å²) in [6.45, 7) is 7.54. The highest BCUT2D eigenvalue weighted by atomic mass is 15.3. The van der Waals surface area contributed by atoms with Crippen molar-refractivity contribution in [3.8, 4) is 0 Å². The van der Waals surface area contributed by atoms with Crippen molar-refractivity contribution < 1.29 is 0 Å². The molecule has 0 atom stereocenters. The Balaban J connectivity index is 2.18. The molecule has 0 aliphatic rings. The maximum absolute atomic E-state index is 6.02. The van der Waals surface area contributed by atoms with E-state index in [0.29, 0.717) is 6.54 Å². The molecule has 0 saturated carbocycles. The third kappa shape index (κ3) is 2.30. The molecule has 96 valence electrons. The van der Waals surface area contributed by atoms with Crippen LogP contribution in [0.5, 0.6) is 0 Å². The van der Waals surface area contributed by atoms with Gasteiger partial charge in [-0.05, 0) is 38.0 Å². The van der Waals surface area contributed by atoms with Gasteiger partial charge in [0.05, 0.1) is 11.4 Å². The van der Waals surface area contributed by atoms with Gasteiger partial charge in [0.15, 0.2) is 0 Å². The zero-order chi connectivity index (χ0) is 13.1. The number of aryl methyl sites for hydroxylation is 3. The number of anilines is 2. The normalized spacial score (nSPS) is 10.6. The van der Waals surface area contributed by atoms with Crippen molar-refractivity contribution in [1.29, 1.82) is 0 Å². The first-order valence-corrected chi connectivity index (χ1v) is 6.09. The molecule has 18 heavy (non-hydrogen) atoms. The van der Waals surface area contributed by atoms with Crippen LogP contribution in [-0.2, 0) is 13.1 Å². The van der Waals surface area contributed by atoms with Crippen LogP contribution in [-0.4, -0.2) is 14.8 Å². The Hall–Kier alpha value is -2.04. The summed E-state index contributed by atoms with van der Waals surface area (Å²) in [5.41, 5.74) is 9.99. The Morgan fingerprint density at radius 3 is 2.83 bits per heavy atom. The van der Waals surface area contributed by atoms with E-state index in [1.807, 2.05) is 30.8 Å². The summed E-state index contributed by atoms with van der Waals surface area (Å²) in [5, 5.41) is 7.72. The van der Waals surface area contributed by atoms with Gasteiger partial charge in [-0.2, -0.15) is 5.10 Å². The Bertz CT molecular complexity index is 544. The van der Waals surface area contributed by atoms with Crippen molar-refractivity contribution in [1.82, 2.24) is 14.8 Å². The highest BCUT2D eigenvalue weighted by Gasteiger charge is 2.11. The summed E-state index contributed by atoms with van der Waals surface area (Å²) >= 11 is 0. The molecule has 0 spiro atoms. The second-order valence-corrected chi connectivity index (χ2v) is 4.32. The Labute approximate surface area is 107 Å². The predicted octanol–water partition coefficient (Wildman–Crippen LogP) is 2.11. The van der Waals surface area contributed by atoms with Crippen molar-refractivity contribution in [2.45, 2.75) is 33.9 Å². The van der Waals surface area contributed by atoms with Gasteiger partial charge in [0.2, 0.25) is 0 Å². The molecule has 2 rings (SSSR count). The minimum atomic E-state index is 0.703. The Morgan fingerprint density at radius 2 is 2.17 bits per heavy atom. The maximum Gasteiger partial charge on any atom is 0.148 e. The molecular weight excluding hydrogens is 226 g/mol. The summed E-state index contributed by atoms with van der Waals surface area (Å²) in [5.74, 6) is 0.887. The zero-order valence-corrected chi connectivity index (χ0v) is 11.1. The molecule has 0 fully saturated rings. The number of nitrogens with one attached hydrogen (secondary N) is 1. The second kappa shape index (κ2) is 5.08. The first-order chi connectivity index (χ1) is 8.63. The van der Waals surface area contributed by atoms with Crippen molar-refractivity contribution in [2.24, 2.45) is 0 Å². The van der Waals surface area contributed by atoms with Crippen molar-refractivity contribution in [3.63, 3.8) is 0 Å². The average Bonchev–Trinajstić information content (AvgIpc) is 2.65. The van der Waals surface area contributed by atoms with Crippen LogP contribution in [0.4, 0.5) is 11.5 Å². The fourth-order valence-electron chi connectivity index (χ4n) is 1.87. The van der Waals surface area contributed by atoms with Crippen LogP contribution < -0.4 is 11.1 Å². The minimum Gasteiger partial charge on any atom is -0.394 e. The van der Waals surface area contributed by atoms with E-state index in [-0.39, 0.29) is 0 Å². The number of nitrogen functional groups attached to an aromatic ring is 1. The van der Waals surface area contributed by atoms with E-state index in [0.717, 1.165) is 23.7 Å². The van der Waals surface area contributed by atoms with Crippen LogP contribution in [0.2, 0.25) is 0 Å². The Morgan fingerprint density at radius 1 is 1.39 bits per heavy atom. The molecule has 5 heteroatoms. The summed E-state index contributed by atoms with van der Waals surface area (Å²) in [7, 11) is 0. The minimum absolute atomic E-state index is 0.703. The number of pyridine rings is 1. The average molecular weight is 245 g/mol. The lowest BCUT2D eigenvalue weighted by atomic mass is 10.1. The standard InChI is InChI=1S/C13H19N5/c1-4-18-13(12(14)10(3)17-18)16-8-11-7-15-6-5-9(11)2/h5-7,16H,4,8,14H2,1-3H3. The molecule has 2 aromatic heterocycles. The molecule has 0 aliphatic heterocycles. The summed E-state index contributed by atoms with van der Waals surface area (Å²) in [6, 6.07) is 2.00. The summed E-state index contributed by atoms with van der Waals surface area (Å²) in [4.78, 5) is 4.13. The highest BCUT2D eigenvalue weighted by molar-refractivity contribution is 5.64. The maximum atomic E-state index is 6.02. The number of nitrogens with zero attached hydrogens (tertiary/aromatic N) is 3. The van der Waals surface area contributed by atoms with E-state index in [1.54, 1.807) is 6.20 Å². The summed E-state index contributed by atoms with van der Waals surface area (Å²) in [6.07, 6.45) is 3.67. The predicted molar refractivity (Wildman–Crippen MR) is 73.4 cm³/mol. The molecule has 0 aromatic carbocycles. The fraction of sp³-hybridized carbons (Fsp3) is 0.385. The van der Waals surface area contributed by atoms with E-state index < -0.39 is 0 Å². The molecule has 0 radical (unpaired) electrons. The van der Waals surface area contributed by atoms with Crippen LogP contribution in [0.1, 0.15) is 23.7 Å². The number of hydrogen-bond donors (Lipinski definition) is 2. The van der Waals surface area contributed by atoms with Crippen molar-refractivity contribution in [2.75, 3.05) is 11.1 Å². The quantitative estimate of drug-likeness (QED) is 0.865. The smallest absolute Gasteiger partial charge is 0.148 e. The van der Waals surface area contributed by atoms with E-state index in [1.165, 1.54) is 11.1 Å². The number of hydrogen-bond acceptors (Lipinski definition) is 4. The van der Waals surface area contributed by atoms with Crippen LogP contribution in [0, 0.1) is 13.8 Å². The third-order valence-corrected chi connectivity index (χ3v) is 3.07. The van der Waals surface area contributed by atoms with Gasteiger partial charge < -0.3 is 11.1 Å². The lowest BCUT2D eigenvalue weighted by Gasteiger charge is -2.10. The number of nitrogens with two attached hydrogens (primary N) is 1. The molecule has 2 heterocycles. The lowest BCUT2D eigenvalue weighted by molar-refractivity contribution is 0.657. The van der Waals surface area contributed by atoms with Crippen LogP contribution in [0.15, 0.2) is 18.5 Å². The molecule has 5 nitrogen and oxygen atoms in total. The van der Waals surface area contributed by atoms with E-state index in [9.17, 15) is 0 Å².